The maximum Gasteiger partial charge on any atom is 0.422 e. The minimum atomic E-state index is -5.02. The molecule has 0 aromatic rings. The van der Waals surface area contributed by atoms with Crippen molar-refractivity contribution in [1.82, 2.24) is 0 Å². The highest BCUT2D eigenvalue weighted by Gasteiger charge is 2.26. The van der Waals surface area contributed by atoms with E-state index >= 15 is 0 Å². The summed E-state index contributed by atoms with van der Waals surface area (Å²) in [5.41, 5.74) is 0. The summed E-state index contributed by atoms with van der Waals surface area (Å²) in [4.78, 5) is 0. The summed E-state index contributed by atoms with van der Waals surface area (Å²) in [6.45, 7) is 0. The molecule has 0 atom stereocenters. The van der Waals surface area contributed by atoms with Crippen LogP contribution in [0.4, 0.5) is 22.0 Å². The normalized spacial score (nSPS) is 11.1. The summed E-state index contributed by atoms with van der Waals surface area (Å²) in [6.07, 6.45) is -7.90. The largest absolute Gasteiger partial charge is 0.422 e. The van der Waals surface area contributed by atoms with Gasteiger partial charge in [0.25, 0.3) is 6.08 Å². The lowest BCUT2D eigenvalue weighted by Crippen LogP contribution is -2.01. The highest BCUT2D eigenvalue weighted by molar-refractivity contribution is 4.77. The quantitative estimate of drug-likeness (QED) is 0.441. The molecule has 0 bridgehead atoms. The van der Waals surface area contributed by atoms with E-state index in [9.17, 15) is 22.0 Å². The van der Waals surface area contributed by atoms with Crippen molar-refractivity contribution in [3.8, 4) is 0 Å². The summed E-state index contributed by atoms with van der Waals surface area (Å²) in [5, 5.41) is 0. The van der Waals surface area contributed by atoms with E-state index in [4.69, 9.17) is 0 Å². The second kappa shape index (κ2) is 2.11. The van der Waals surface area contributed by atoms with Gasteiger partial charge in [0.1, 0.15) is 6.08 Å². The van der Waals surface area contributed by atoms with Gasteiger partial charge in [-0.3, -0.25) is 0 Å². The van der Waals surface area contributed by atoms with Crippen molar-refractivity contribution in [2.45, 2.75) is 6.18 Å². The van der Waals surface area contributed by atoms with Gasteiger partial charge in [-0.2, -0.15) is 22.0 Å². The molecule has 0 saturated carbocycles. The molecule has 1 radical (unpaired) electrons. The van der Waals surface area contributed by atoms with Crippen LogP contribution in [-0.4, -0.2) is 6.18 Å². The average Bonchev–Trinajstić information content (AvgIpc) is 1.21. The first-order valence-corrected chi connectivity index (χ1v) is 1.44. The Kier molecular flexibility index (Phi) is 1.94. The Morgan fingerprint density at radius 2 is 1.50 bits per heavy atom. The van der Waals surface area contributed by atoms with Crippen molar-refractivity contribution in [1.29, 1.82) is 0 Å². The molecule has 0 amide bonds. The number of halogens is 5. The number of rotatable bonds is 0. The Balaban J connectivity index is 3.89. The highest BCUT2D eigenvalue weighted by Crippen LogP contribution is 2.17. The zero-order chi connectivity index (χ0) is 6.78. The third kappa shape index (κ3) is 5.39. The number of allylic oxidation sites excluding steroid dienone is 1. The molecule has 0 aliphatic heterocycles. The van der Waals surface area contributed by atoms with Gasteiger partial charge >= 0.3 is 6.18 Å². The first kappa shape index (κ1) is 7.39. The first-order chi connectivity index (χ1) is 3.42. The zero-order valence-corrected chi connectivity index (χ0v) is 3.39. The Morgan fingerprint density at radius 3 is 1.50 bits per heavy atom. The molecule has 8 heavy (non-hydrogen) atoms. The topological polar surface area (TPSA) is 0 Å². The molecule has 0 rings (SSSR count). The number of hydrogen-bond acceptors (Lipinski definition) is 0. The van der Waals surface area contributed by atoms with E-state index < -0.39 is 12.3 Å². The Morgan fingerprint density at radius 1 is 1.12 bits per heavy atom. The SMILES string of the molecule is FC(F)=[C]C(F)(F)F. The van der Waals surface area contributed by atoms with Gasteiger partial charge in [0.2, 0.25) is 0 Å². The molecule has 0 N–H and O–H groups in total. The van der Waals surface area contributed by atoms with E-state index in [0.717, 1.165) is 0 Å². The molecule has 0 aliphatic carbocycles. The molecule has 0 aromatic carbocycles. The van der Waals surface area contributed by atoms with Crippen LogP contribution < -0.4 is 0 Å². The summed E-state index contributed by atoms with van der Waals surface area (Å²) < 4.78 is 53.3. The van der Waals surface area contributed by atoms with Crippen LogP contribution in [0.1, 0.15) is 0 Å². The molecule has 0 nitrogen and oxygen atoms in total. The van der Waals surface area contributed by atoms with Crippen LogP contribution in [0.2, 0.25) is 0 Å². The molecule has 0 fully saturated rings. The van der Waals surface area contributed by atoms with E-state index in [-0.39, 0.29) is 6.08 Å². The first-order valence-electron chi connectivity index (χ1n) is 1.44. The van der Waals surface area contributed by atoms with E-state index in [1.165, 1.54) is 0 Å². The number of alkyl halides is 3. The molecule has 0 unspecified atom stereocenters. The minimum absolute atomic E-state index is 0.0347. The highest BCUT2D eigenvalue weighted by atomic mass is 19.4. The van der Waals surface area contributed by atoms with Gasteiger partial charge in [-0.05, 0) is 0 Å². The van der Waals surface area contributed by atoms with Crippen molar-refractivity contribution in [3.05, 3.63) is 12.2 Å². The fourth-order valence-corrected chi connectivity index (χ4v) is 0.107. The van der Waals surface area contributed by atoms with Crippen molar-refractivity contribution in [2.24, 2.45) is 0 Å². The maximum atomic E-state index is 10.7. The van der Waals surface area contributed by atoms with Gasteiger partial charge in [-0.1, -0.05) is 0 Å². The van der Waals surface area contributed by atoms with E-state index in [2.05, 4.69) is 0 Å². The average molecular weight is 131 g/mol. The van der Waals surface area contributed by atoms with Gasteiger partial charge in [-0.15, -0.1) is 0 Å². The standard InChI is InChI=1S/C3F5/c4-2(5)1-3(6,7)8. The fraction of sp³-hybridized carbons (Fsp3) is 0.333. The monoisotopic (exact) mass is 131 g/mol. The lowest BCUT2D eigenvalue weighted by Gasteiger charge is -1.92. The van der Waals surface area contributed by atoms with Gasteiger partial charge in [0, 0.05) is 0 Å². The summed E-state index contributed by atoms with van der Waals surface area (Å²) in [6, 6.07) is 0. The molecular formula is C3F5. The van der Waals surface area contributed by atoms with Crippen LogP contribution in [0, 0.1) is 6.08 Å². The molecule has 0 saturated heterocycles. The predicted molar refractivity (Wildman–Crippen MR) is 15.0 cm³/mol. The Hall–Kier alpha value is -0.610. The van der Waals surface area contributed by atoms with Crippen LogP contribution in [0.25, 0.3) is 0 Å². The van der Waals surface area contributed by atoms with E-state index in [0.29, 0.717) is 0 Å². The minimum Gasteiger partial charge on any atom is -0.173 e. The zero-order valence-electron chi connectivity index (χ0n) is 3.39. The van der Waals surface area contributed by atoms with Gasteiger partial charge < -0.3 is 0 Å². The molecule has 0 heterocycles. The van der Waals surface area contributed by atoms with E-state index in [1.54, 1.807) is 0 Å². The third-order valence-corrected chi connectivity index (χ3v) is 0.236. The second-order valence-electron chi connectivity index (χ2n) is 0.883. The Bertz CT molecular complexity index is 94.7. The lowest BCUT2D eigenvalue weighted by atomic mass is 10.6. The Labute approximate surface area is 41.6 Å². The third-order valence-electron chi connectivity index (χ3n) is 0.236. The smallest absolute Gasteiger partial charge is 0.173 e. The molecule has 47 valence electrons. The van der Waals surface area contributed by atoms with Crippen LogP contribution in [0.15, 0.2) is 6.08 Å². The summed E-state index contributed by atoms with van der Waals surface area (Å²) >= 11 is 0. The van der Waals surface area contributed by atoms with E-state index in [1.807, 2.05) is 0 Å². The van der Waals surface area contributed by atoms with Gasteiger partial charge in [0.05, 0.1) is 0 Å². The fourth-order valence-electron chi connectivity index (χ4n) is 0.107. The van der Waals surface area contributed by atoms with Crippen molar-refractivity contribution < 1.29 is 22.0 Å². The van der Waals surface area contributed by atoms with Crippen molar-refractivity contribution >= 4 is 0 Å². The second-order valence-corrected chi connectivity index (χ2v) is 0.883. The molecule has 0 spiro atoms. The predicted octanol–water partition coefficient (Wildman–Crippen LogP) is 2.13. The van der Waals surface area contributed by atoms with Gasteiger partial charge in [0.15, 0.2) is 0 Å². The van der Waals surface area contributed by atoms with Crippen molar-refractivity contribution in [2.75, 3.05) is 0 Å². The van der Waals surface area contributed by atoms with Crippen LogP contribution in [0.5, 0.6) is 0 Å². The number of hydrogen-bond donors (Lipinski definition) is 0. The summed E-state index contributed by atoms with van der Waals surface area (Å²) in [5.74, 6) is 0. The molecular weight excluding hydrogens is 131 g/mol. The lowest BCUT2D eigenvalue weighted by molar-refractivity contribution is -0.0907. The van der Waals surface area contributed by atoms with Crippen LogP contribution >= 0.6 is 0 Å². The van der Waals surface area contributed by atoms with Crippen LogP contribution in [-0.2, 0) is 0 Å². The maximum absolute atomic E-state index is 10.7. The molecule has 0 aromatic heterocycles. The molecule has 0 aliphatic rings. The van der Waals surface area contributed by atoms with Crippen molar-refractivity contribution in [3.63, 3.8) is 0 Å². The van der Waals surface area contributed by atoms with Crippen LogP contribution in [0.3, 0.4) is 0 Å². The van der Waals surface area contributed by atoms with Gasteiger partial charge in [-0.25, -0.2) is 0 Å². The summed E-state index contributed by atoms with van der Waals surface area (Å²) in [7, 11) is 0. The molecule has 5 heteroatoms.